The molecule has 0 fully saturated rings. The van der Waals surface area contributed by atoms with Crippen LogP contribution in [0.1, 0.15) is 5.56 Å². The Bertz CT molecular complexity index is 1180. The highest BCUT2D eigenvalue weighted by Crippen LogP contribution is 2.32. The average molecular weight is 400 g/mol. The summed E-state index contributed by atoms with van der Waals surface area (Å²) in [4.78, 5) is 17.0. The number of amides is 1. The molecule has 150 valence electrons. The Hall–Kier alpha value is -4.06. The molecule has 0 radical (unpaired) electrons. The highest BCUT2D eigenvalue weighted by Gasteiger charge is 2.12. The summed E-state index contributed by atoms with van der Waals surface area (Å²) in [6.45, 7) is 0. The molecule has 30 heavy (non-hydrogen) atoms. The first-order valence-electron chi connectivity index (χ1n) is 9.33. The second kappa shape index (κ2) is 8.53. The fourth-order valence-corrected chi connectivity index (χ4v) is 3.00. The first-order chi connectivity index (χ1) is 14.7. The van der Waals surface area contributed by atoms with Crippen molar-refractivity contribution in [2.45, 2.75) is 0 Å². The predicted octanol–water partition coefficient (Wildman–Crippen LogP) is 5.16. The first kappa shape index (κ1) is 19.3. The van der Waals surface area contributed by atoms with E-state index < -0.39 is 0 Å². The van der Waals surface area contributed by atoms with Crippen molar-refractivity contribution in [3.05, 3.63) is 78.4 Å². The van der Waals surface area contributed by atoms with Gasteiger partial charge in [0.05, 0.1) is 19.9 Å². The van der Waals surface area contributed by atoms with Crippen molar-refractivity contribution in [2.75, 3.05) is 19.5 Å². The number of anilines is 1. The summed E-state index contributed by atoms with van der Waals surface area (Å²) in [5, 5.41) is 2.85. The third-order valence-corrected chi connectivity index (χ3v) is 4.54. The van der Waals surface area contributed by atoms with Gasteiger partial charge < -0.3 is 19.2 Å². The number of hydrogen-bond acceptors (Lipinski definition) is 5. The average Bonchev–Trinajstić information content (AvgIpc) is 3.22. The lowest BCUT2D eigenvalue weighted by Crippen LogP contribution is -2.09. The SMILES string of the molecule is COc1ccc(/C=C/C(=O)Nc2cc(-c3nc4ccccc4o3)ccc2OC)cc1. The van der Waals surface area contributed by atoms with Crippen LogP contribution in [0.25, 0.3) is 28.6 Å². The number of carbonyl (C=O) groups excluding carboxylic acids is 1. The lowest BCUT2D eigenvalue weighted by molar-refractivity contribution is -0.111. The fourth-order valence-electron chi connectivity index (χ4n) is 3.00. The number of carbonyl (C=O) groups is 1. The van der Waals surface area contributed by atoms with Gasteiger partial charge >= 0.3 is 0 Å². The van der Waals surface area contributed by atoms with Crippen LogP contribution >= 0.6 is 0 Å². The van der Waals surface area contributed by atoms with Crippen LogP contribution < -0.4 is 14.8 Å². The normalized spacial score (nSPS) is 11.0. The number of fused-ring (bicyclic) bond motifs is 1. The van der Waals surface area contributed by atoms with Crippen LogP contribution in [0.3, 0.4) is 0 Å². The molecule has 0 unspecified atom stereocenters. The van der Waals surface area contributed by atoms with Crippen molar-refractivity contribution < 1.29 is 18.7 Å². The van der Waals surface area contributed by atoms with Gasteiger partial charge in [0.1, 0.15) is 17.0 Å². The van der Waals surface area contributed by atoms with Gasteiger partial charge in [-0.25, -0.2) is 4.98 Å². The van der Waals surface area contributed by atoms with Gasteiger partial charge in [0.25, 0.3) is 0 Å². The number of aromatic nitrogens is 1. The van der Waals surface area contributed by atoms with Gasteiger partial charge in [0, 0.05) is 11.6 Å². The summed E-state index contributed by atoms with van der Waals surface area (Å²) in [7, 11) is 3.16. The van der Waals surface area contributed by atoms with Gasteiger partial charge in [-0.2, -0.15) is 0 Å². The van der Waals surface area contributed by atoms with Gasteiger partial charge in [0.15, 0.2) is 5.58 Å². The summed E-state index contributed by atoms with van der Waals surface area (Å²) >= 11 is 0. The van der Waals surface area contributed by atoms with E-state index in [0.29, 0.717) is 22.9 Å². The molecule has 0 aliphatic heterocycles. The van der Waals surface area contributed by atoms with E-state index in [1.165, 1.54) is 6.08 Å². The molecule has 1 aromatic heterocycles. The molecule has 3 aromatic carbocycles. The Morgan fingerprint density at radius 2 is 1.80 bits per heavy atom. The van der Waals surface area contributed by atoms with Crippen LogP contribution in [0.15, 0.2) is 77.2 Å². The van der Waals surface area contributed by atoms with Crippen LogP contribution in [-0.2, 0) is 4.79 Å². The second-order valence-corrected chi connectivity index (χ2v) is 6.50. The first-order valence-corrected chi connectivity index (χ1v) is 9.33. The van der Waals surface area contributed by atoms with E-state index in [1.807, 2.05) is 54.6 Å². The predicted molar refractivity (Wildman–Crippen MR) is 117 cm³/mol. The van der Waals surface area contributed by atoms with Crippen molar-refractivity contribution in [3.8, 4) is 23.0 Å². The van der Waals surface area contributed by atoms with E-state index in [1.54, 1.807) is 32.4 Å². The zero-order valence-corrected chi connectivity index (χ0v) is 16.6. The molecule has 1 amide bonds. The Morgan fingerprint density at radius 1 is 1.00 bits per heavy atom. The molecule has 0 saturated carbocycles. The number of methoxy groups -OCH3 is 2. The van der Waals surface area contributed by atoms with Gasteiger partial charge in [-0.05, 0) is 54.1 Å². The van der Waals surface area contributed by atoms with E-state index >= 15 is 0 Å². The van der Waals surface area contributed by atoms with Crippen LogP contribution in [0, 0.1) is 0 Å². The maximum Gasteiger partial charge on any atom is 0.248 e. The molecule has 0 aliphatic rings. The van der Waals surface area contributed by atoms with E-state index in [4.69, 9.17) is 13.9 Å². The number of nitrogens with zero attached hydrogens (tertiary/aromatic N) is 1. The van der Waals surface area contributed by atoms with Crippen molar-refractivity contribution in [3.63, 3.8) is 0 Å². The molecule has 1 N–H and O–H groups in total. The summed E-state index contributed by atoms with van der Waals surface area (Å²) < 4.78 is 16.3. The van der Waals surface area contributed by atoms with Crippen LogP contribution in [0.5, 0.6) is 11.5 Å². The molecule has 0 spiro atoms. The molecule has 4 aromatic rings. The minimum absolute atomic E-state index is 0.279. The van der Waals surface area contributed by atoms with E-state index in [9.17, 15) is 4.79 Å². The molecular formula is C24H20N2O4. The molecule has 6 nitrogen and oxygen atoms in total. The molecule has 0 aliphatic carbocycles. The molecule has 1 heterocycles. The van der Waals surface area contributed by atoms with Crippen LogP contribution in [0.2, 0.25) is 0 Å². The van der Waals surface area contributed by atoms with Crippen molar-refractivity contribution >= 4 is 28.8 Å². The van der Waals surface area contributed by atoms with Crippen molar-refractivity contribution in [2.24, 2.45) is 0 Å². The molecule has 0 atom stereocenters. The highest BCUT2D eigenvalue weighted by molar-refractivity contribution is 6.03. The third-order valence-electron chi connectivity index (χ3n) is 4.54. The summed E-state index contributed by atoms with van der Waals surface area (Å²) in [6.07, 6.45) is 3.19. The monoisotopic (exact) mass is 400 g/mol. The van der Waals surface area contributed by atoms with E-state index in [2.05, 4.69) is 10.3 Å². The van der Waals surface area contributed by atoms with E-state index in [-0.39, 0.29) is 5.91 Å². The maximum atomic E-state index is 12.4. The zero-order chi connectivity index (χ0) is 20.9. The van der Waals surface area contributed by atoms with Crippen molar-refractivity contribution in [1.29, 1.82) is 0 Å². The number of hydrogen-bond donors (Lipinski definition) is 1. The van der Waals surface area contributed by atoms with Crippen molar-refractivity contribution in [1.82, 2.24) is 4.98 Å². The molecule has 6 heteroatoms. The molecule has 0 saturated heterocycles. The second-order valence-electron chi connectivity index (χ2n) is 6.50. The maximum absolute atomic E-state index is 12.4. The lowest BCUT2D eigenvalue weighted by Gasteiger charge is -2.10. The number of rotatable bonds is 6. The quantitative estimate of drug-likeness (QED) is 0.452. The topological polar surface area (TPSA) is 73.6 Å². The number of para-hydroxylation sites is 2. The number of ether oxygens (including phenoxy) is 2. The zero-order valence-electron chi connectivity index (χ0n) is 16.6. The minimum atomic E-state index is -0.279. The minimum Gasteiger partial charge on any atom is -0.497 e. The standard InChI is InChI=1S/C24H20N2O4/c1-28-18-11-7-16(8-12-18)9-14-23(27)25-20-15-17(10-13-21(20)29-2)24-26-19-5-3-4-6-22(19)30-24/h3-15H,1-2H3,(H,25,27)/b14-9+. The number of nitrogens with one attached hydrogen (secondary N) is 1. The lowest BCUT2D eigenvalue weighted by atomic mass is 10.1. The van der Waals surface area contributed by atoms with Gasteiger partial charge in [0.2, 0.25) is 11.8 Å². The smallest absolute Gasteiger partial charge is 0.248 e. The largest absolute Gasteiger partial charge is 0.497 e. The summed E-state index contributed by atoms with van der Waals surface area (Å²) in [5.41, 5.74) is 3.63. The van der Waals surface area contributed by atoms with Crippen LogP contribution in [-0.4, -0.2) is 25.1 Å². The number of benzene rings is 3. The Morgan fingerprint density at radius 3 is 2.53 bits per heavy atom. The molecule has 0 bridgehead atoms. The third kappa shape index (κ3) is 4.17. The Balaban J connectivity index is 1.55. The number of oxazole rings is 1. The van der Waals surface area contributed by atoms with Gasteiger partial charge in [-0.1, -0.05) is 24.3 Å². The van der Waals surface area contributed by atoms with E-state index in [0.717, 1.165) is 22.4 Å². The Labute approximate surface area is 173 Å². The van der Waals surface area contributed by atoms with Crippen LogP contribution in [0.4, 0.5) is 5.69 Å². The van der Waals surface area contributed by atoms with Gasteiger partial charge in [-0.15, -0.1) is 0 Å². The summed E-state index contributed by atoms with van der Waals surface area (Å²) in [5.74, 6) is 1.50. The molecular weight excluding hydrogens is 380 g/mol. The Kier molecular flexibility index (Phi) is 5.48. The summed E-state index contributed by atoms with van der Waals surface area (Å²) in [6, 6.07) is 20.4. The fraction of sp³-hybridized carbons (Fsp3) is 0.0833. The highest BCUT2D eigenvalue weighted by atomic mass is 16.5. The molecule has 4 rings (SSSR count). The van der Waals surface area contributed by atoms with Gasteiger partial charge in [-0.3, -0.25) is 4.79 Å².